The highest BCUT2D eigenvalue weighted by atomic mass is 35.5. The van der Waals surface area contributed by atoms with Crippen LogP contribution >= 0.6 is 11.6 Å². The topological polar surface area (TPSA) is 69.6 Å². The average molecular weight is 306 g/mol. The van der Waals surface area contributed by atoms with Gasteiger partial charge in [0.25, 0.3) is 0 Å². The van der Waals surface area contributed by atoms with E-state index >= 15 is 0 Å². The summed E-state index contributed by atoms with van der Waals surface area (Å²) in [6.07, 6.45) is 3.49. The van der Waals surface area contributed by atoms with Crippen LogP contribution in [0.2, 0.25) is 5.02 Å². The molecular weight excluding hydrogens is 286 g/mol. The van der Waals surface area contributed by atoms with Crippen LogP contribution in [0.1, 0.15) is 39.2 Å². The summed E-state index contributed by atoms with van der Waals surface area (Å²) >= 11 is 6.30. The van der Waals surface area contributed by atoms with Gasteiger partial charge in [0.05, 0.1) is 16.6 Å². The first-order valence-electron chi connectivity index (χ1n) is 7.40. The van der Waals surface area contributed by atoms with E-state index in [0.29, 0.717) is 28.5 Å². The molecule has 3 rings (SSSR count). The number of rotatable bonds is 2. The minimum atomic E-state index is 0.307. The Kier molecular flexibility index (Phi) is 3.85. The second kappa shape index (κ2) is 5.64. The van der Waals surface area contributed by atoms with Gasteiger partial charge in [-0.1, -0.05) is 31.5 Å². The van der Waals surface area contributed by atoms with Crippen molar-refractivity contribution in [3.63, 3.8) is 0 Å². The fourth-order valence-electron chi connectivity index (χ4n) is 3.37. The van der Waals surface area contributed by atoms with E-state index in [4.69, 9.17) is 17.3 Å². The van der Waals surface area contributed by atoms with Crippen molar-refractivity contribution in [2.45, 2.75) is 39.2 Å². The lowest BCUT2D eigenvalue weighted by atomic mass is 9.80. The van der Waals surface area contributed by atoms with Crippen LogP contribution in [0.25, 0.3) is 11.4 Å². The van der Waals surface area contributed by atoms with Crippen molar-refractivity contribution in [3.8, 4) is 11.4 Å². The third kappa shape index (κ3) is 2.62. The summed E-state index contributed by atoms with van der Waals surface area (Å²) < 4.78 is 1.91. The van der Waals surface area contributed by atoms with Gasteiger partial charge >= 0.3 is 0 Å². The monoisotopic (exact) mass is 305 g/mol. The van der Waals surface area contributed by atoms with E-state index in [0.717, 1.165) is 17.9 Å². The van der Waals surface area contributed by atoms with E-state index in [9.17, 15) is 0 Å². The van der Waals surface area contributed by atoms with Gasteiger partial charge in [-0.2, -0.15) is 0 Å². The highest BCUT2D eigenvalue weighted by Gasteiger charge is 2.30. The Morgan fingerprint density at radius 1 is 1.29 bits per heavy atom. The summed E-state index contributed by atoms with van der Waals surface area (Å²) in [5.41, 5.74) is 7.41. The van der Waals surface area contributed by atoms with E-state index in [1.807, 2.05) is 22.9 Å². The van der Waals surface area contributed by atoms with Crippen LogP contribution in [0.3, 0.4) is 0 Å². The molecule has 6 heteroatoms. The fraction of sp³-hybridized carbons (Fsp3) is 0.533. The number of halogens is 1. The lowest BCUT2D eigenvalue weighted by molar-refractivity contribution is 0.194. The van der Waals surface area contributed by atoms with Crippen LogP contribution in [0.15, 0.2) is 18.2 Å². The Bertz CT molecular complexity index is 618. The van der Waals surface area contributed by atoms with Gasteiger partial charge in [0.1, 0.15) is 0 Å². The molecule has 1 fully saturated rings. The molecular formula is C15H20ClN5. The lowest BCUT2D eigenvalue weighted by Gasteiger charge is -2.32. The zero-order valence-corrected chi connectivity index (χ0v) is 13.1. The average Bonchev–Trinajstić information content (AvgIpc) is 2.87. The Balaban J connectivity index is 2.02. The molecule has 2 aromatic rings. The smallest absolute Gasteiger partial charge is 0.185 e. The minimum absolute atomic E-state index is 0.307. The van der Waals surface area contributed by atoms with E-state index < -0.39 is 0 Å². The molecule has 112 valence electrons. The third-order valence-corrected chi connectivity index (χ3v) is 4.78. The van der Waals surface area contributed by atoms with Gasteiger partial charge in [0.2, 0.25) is 0 Å². The summed E-state index contributed by atoms with van der Waals surface area (Å²) in [4.78, 5) is 0. The number of tetrazole rings is 1. The van der Waals surface area contributed by atoms with Crippen molar-refractivity contribution >= 4 is 17.3 Å². The molecule has 0 bridgehead atoms. The maximum absolute atomic E-state index is 6.30. The molecule has 5 nitrogen and oxygen atoms in total. The van der Waals surface area contributed by atoms with Crippen molar-refractivity contribution in [2.24, 2.45) is 11.8 Å². The maximum Gasteiger partial charge on any atom is 0.185 e. The van der Waals surface area contributed by atoms with Crippen molar-refractivity contribution < 1.29 is 0 Å². The summed E-state index contributed by atoms with van der Waals surface area (Å²) in [7, 11) is 0. The number of hydrogen-bond acceptors (Lipinski definition) is 4. The molecule has 1 saturated carbocycles. The van der Waals surface area contributed by atoms with Crippen LogP contribution in [-0.4, -0.2) is 20.2 Å². The lowest BCUT2D eigenvalue weighted by Crippen LogP contribution is -2.26. The van der Waals surface area contributed by atoms with E-state index in [1.165, 1.54) is 12.8 Å². The largest absolute Gasteiger partial charge is 0.398 e. The Morgan fingerprint density at radius 3 is 2.81 bits per heavy atom. The summed E-state index contributed by atoms with van der Waals surface area (Å²) in [6.45, 7) is 4.57. The van der Waals surface area contributed by atoms with Crippen LogP contribution in [0.5, 0.6) is 0 Å². The molecule has 0 saturated heterocycles. The number of nitrogen functional groups attached to an aromatic ring is 1. The first-order valence-corrected chi connectivity index (χ1v) is 7.78. The van der Waals surface area contributed by atoms with Gasteiger partial charge in [-0.05, 0) is 53.7 Å². The van der Waals surface area contributed by atoms with Gasteiger partial charge in [0.15, 0.2) is 5.82 Å². The van der Waals surface area contributed by atoms with Gasteiger partial charge in [-0.3, -0.25) is 0 Å². The summed E-state index contributed by atoms with van der Waals surface area (Å²) in [6, 6.07) is 5.78. The zero-order valence-electron chi connectivity index (χ0n) is 12.3. The van der Waals surface area contributed by atoms with Crippen molar-refractivity contribution in [1.82, 2.24) is 20.2 Å². The second-order valence-corrected chi connectivity index (χ2v) is 6.52. The maximum atomic E-state index is 6.30. The molecule has 0 radical (unpaired) electrons. The van der Waals surface area contributed by atoms with E-state index in [2.05, 4.69) is 29.4 Å². The molecule has 1 heterocycles. The SMILES string of the molecule is CC1CCC(n2nnnc2-c2c(N)cccc2Cl)C(C)C1. The Hall–Kier alpha value is -1.62. The molecule has 0 spiro atoms. The standard InChI is InChI=1S/C15H20ClN5/c1-9-6-7-13(10(2)8-9)21-15(18-19-20-21)14-11(16)4-3-5-12(14)17/h3-5,9-10,13H,6-8,17H2,1-2H3. The van der Waals surface area contributed by atoms with Crippen LogP contribution in [0.4, 0.5) is 5.69 Å². The Labute approximate surface area is 129 Å². The molecule has 3 unspecified atom stereocenters. The zero-order chi connectivity index (χ0) is 15.0. The first-order chi connectivity index (χ1) is 10.1. The van der Waals surface area contributed by atoms with Crippen molar-refractivity contribution in [2.75, 3.05) is 5.73 Å². The second-order valence-electron chi connectivity index (χ2n) is 6.11. The molecule has 1 aliphatic rings. The van der Waals surface area contributed by atoms with E-state index in [-0.39, 0.29) is 0 Å². The predicted octanol–water partition coefficient (Wildman–Crippen LogP) is 3.57. The third-order valence-electron chi connectivity index (χ3n) is 4.46. The normalized spacial score (nSPS) is 26.0. The van der Waals surface area contributed by atoms with Crippen molar-refractivity contribution in [1.29, 1.82) is 0 Å². The van der Waals surface area contributed by atoms with Gasteiger partial charge in [-0.25, -0.2) is 4.68 Å². The molecule has 1 aromatic heterocycles. The number of benzene rings is 1. The number of hydrogen-bond donors (Lipinski definition) is 1. The first kappa shape index (κ1) is 14.3. The molecule has 2 N–H and O–H groups in total. The predicted molar refractivity (Wildman–Crippen MR) is 83.9 cm³/mol. The highest BCUT2D eigenvalue weighted by molar-refractivity contribution is 6.33. The van der Waals surface area contributed by atoms with E-state index in [1.54, 1.807) is 0 Å². The Morgan fingerprint density at radius 2 is 2.10 bits per heavy atom. The molecule has 0 aliphatic heterocycles. The molecule has 0 amide bonds. The fourth-order valence-corrected chi connectivity index (χ4v) is 3.64. The summed E-state index contributed by atoms with van der Waals surface area (Å²) in [5, 5.41) is 12.8. The molecule has 1 aliphatic carbocycles. The number of anilines is 1. The van der Waals surface area contributed by atoms with Gasteiger partial charge < -0.3 is 5.73 Å². The van der Waals surface area contributed by atoms with Gasteiger partial charge in [-0.15, -0.1) is 5.10 Å². The number of aromatic nitrogens is 4. The molecule has 3 atom stereocenters. The highest BCUT2D eigenvalue weighted by Crippen LogP contribution is 2.39. The van der Waals surface area contributed by atoms with Crippen LogP contribution in [-0.2, 0) is 0 Å². The molecule has 1 aromatic carbocycles. The summed E-state index contributed by atoms with van der Waals surface area (Å²) in [5.74, 6) is 1.98. The van der Waals surface area contributed by atoms with Crippen LogP contribution < -0.4 is 5.73 Å². The number of nitrogens with zero attached hydrogens (tertiary/aromatic N) is 4. The minimum Gasteiger partial charge on any atom is -0.398 e. The number of nitrogens with two attached hydrogens (primary N) is 1. The quantitative estimate of drug-likeness (QED) is 0.861. The van der Waals surface area contributed by atoms with Crippen LogP contribution in [0, 0.1) is 11.8 Å². The van der Waals surface area contributed by atoms with Gasteiger partial charge in [0, 0.05) is 5.69 Å². The van der Waals surface area contributed by atoms with Crippen molar-refractivity contribution in [3.05, 3.63) is 23.2 Å². The molecule has 21 heavy (non-hydrogen) atoms.